The van der Waals surface area contributed by atoms with E-state index in [0.717, 1.165) is 46.8 Å². The fraction of sp³-hybridized carbons (Fsp3) is 0.259. The number of rotatable bonds is 12. The number of carbonyl (C=O) groups is 1. The highest BCUT2D eigenvalue weighted by molar-refractivity contribution is 5.93. The van der Waals surface area contributed by atoms with Gasteiger partial charge >= 0.3 is 0 Å². The highest BCUT2D eigenvalue weighted by Crippen LogP contribution is 2.18. The van der Waals surface area contributed by atoms with Gasteiger partial charge in [0.25, 0.3) is 5.91 Å². The van der Waals surface area contributed by atoms with Gasteiger partial charge in [0.1, 0.15) is 11.5 Å². The van der Waals surface area contributed by atoms with Crippen LogP contribution in [0.15, 0.2) is 73.3 Å². The highest BCUT2D eigenvalue weighted by Gasteiger charge is 2.13. The minimum atomic E-state index is -0.200. The van der Waals surface area contributed by atoms with Crippen molar-refractivity contribution in [2.24, 2.45) is 0 Å². The van der Waals surface area contributed by atoms with Crippen LogP contribution in [-0.2, 0) is 13.1 Å². The van der Waals surface area contributed by atoms with Crippen LogP contribution < -0.4 is 14.8 Å². The summed E-state index contributed by atoms with van der Waals surface area (Å²) in [5.41, 5.74) is 4.25. The number of nitrogens with zero attached hydrogens (tertiary/aromatic N) is 4. The third-order valence-corrected chi connectivity index (χ3v) is 5.66. The number of nitrogens with one attached hydrogen (secondary N) is 2. The first-order valence-electron chi connectivity index (χ1n) is 11.7. The summed E-state index contributed by atoms with van der Waals surface area (Å²) in [5.74, 6) is 1.24. The second-order valence-electron chi connectivity index (χ2n) is 8.32. The fourth-order valence-electron chi connectivity index (χ4n) is 3.85. The first-order valence-corrected chi connectivity index (χ1v) is 11.7. The zero-order valence-electron chi connectivity index (χ0n) is 20.5. The van der Waals surface area contributed by atoms with Gasteiger partial charge in [-0.1, -0.05) is 30.3 Å². The molecule has 3 heterocycles. The van der Waals surface area contributed by atoms with Gasteiger partial charge in [-0.2, -0.15) is 5.10 Å². The summed E-state index contributed by atoms with van der Waals surface area (Å²) in [5, 5.41) is 10.1. The molecule has 0 spiro atoms. The number of pyridine rings is 2. The van der Waals surface area contributed by atoms with Crippen LogP contribution in [0.2, 0.25) is 0 Å². The maximum absolute atomic E-state index is 12.6. The normalized spacial score (nSPS) is 10.9. The van der Waals surface area contributed by atoms with E-state index >= 15 is 0 Å². The molecule has 186 valence electrons. The minimum absolute atomic E-state index is 0.200. The van der Waals surface area contributed by atoms with Crippen LogP contribution in [0, 0.1) is 0 Å². The van der Waals surface area contributed by atoms with Crippen LogP contribution in [0.1, 0.15) is 28.0 Å². The second-order valence-corrected chi connectivity index (χ2v) is 8.32. The van der Waals surface area contributed by atoms with E-state index in [1.807, 2.05) is 54.9 Å². The number of ether oxygens (including phenoxy) is 2. The summed E-state index contributed by atoms with van der Waals surface area (Å²) in [7, 11) is 3.26. The minimum Gasteiger partial charge on any atom is -0.495 e. The third kappa shape index (κ3) is 6.89. The van der Waals surface area contributed by atoms with Crippen LogP contribution in [0.5, 0.6) is 11.5 Å². The molecule has 0 atom stereocenters. The van der Waals surface area contributed by atoms with Gasteiger partial charge in [-0.15, -0.1) is 0 Å². The fourth-order valence-corrected chi connectivity index (χ4v) is 3.85. The van der Waals surface area contributed by atoms with E-state index < -0.39 is 0 Å². The van der Waals surface area contributed by atoms with Gasteiger partial charge in [-0.25, -0.2) is 0 Å². The van der Waals surface area contributed by atoms with Crippen molar-refractivity contribution in [1.82, 2.24) is 30.4 Å². The van der Waals surface area contributed by atoms with Crippen LogP contribution in [0.3, 0.4) is 0 Å². The van der Waals surface area contributed by atoms with Crippen molar-refractivity contribution in [2.75, 3.05) is 27.3 Å². The summed E-state index contributed by atoms with van der Waals surface area (Å²) in [6.07, 6.45) is 7.81. The average molecular weight is 487 g/mol. The first-order chi connectivity index (χ1) is 17.6. The van der Waals surface area contributed by atoms with E-state index in [1.54, 1.807) is 32.7 Å². The predicted octanol–water partition coefficient (Wildman–Crippen LogP) is 3.71. The van der Waals surface area contributed by atoms with Crippen molar-refractivity contribution in [2.45, 2.75) is 19.5 Å². The van der Waals surface area contributed by atoms with Gasteiger partial charge in [0.2, 0.25) is 0 Å². The predicted molar refractivity (Wildman–Crippen MR) is 137 cm³/mol. The molecule has 3 aromatic heterocycles. The number of benzene rings is 1. The number of H-pyrrole nitrogens is 1. The SMILES string of the molecule is COc1cncc(CN(CCCNC(=O)c2cc(-c3ccccc3)[nH]n2)Cc2cncc(OC)c2)c1. The summed E-state index contributed by atoms with van der Waals surface area (Å²) in [6, 6.07) is 15.5. The average Bonchev–Trinajstić information content (AvgIpc) is 3.42. The molecule has 1 aromatic carbocycles. The zero-order chi connectivity index (χ0) is 25.2. The lowest BCUT2D eigenvalue weighted by Gasteiger charge is -2.23. The van der Waals surface area contributed by atoms with E-state index in [9.17, 15) is 4.79 Å². The number of methoxy groups -OCH3 is 2. The van der Waals surface area contributed by atoms with E-state index in [4.69, 9.17) is 9.47 Å². The van der Waals surface area contributed by atoms with E-state index in [0.29, 0.717) is 25.3 Å². The lowest BCUT2D eigenvalue weighted by atomic mass is 10.1. The third-order valence-electron chi connectivity index (χ3n) is 5.66. The Morgan fingerprint density at radius 2 is 1.56 bits per heavy atom. The first kappa shape index (κ1) is 24.9. The molecule has 9 heteroatoms. The molecule has 0 saturated heterocycles. The molecule has 0 aliphatic carbocycles. The van der Waals surface area contributed by atoms with Crippen molar-refractivity contribution in [3.05, 3.63) is 90.1 Å². The topological polar surface area (TPSA) is 105 Å². The van der Waals surface area contributed by atoms with Crippen molar-refractivity contribution < 1.29 is 14.3 Å². The van der Waals surface area contributed by atoms with Crippen molar-refractivity contribution in [3.8, 4) is 22.8 Å². The molecule has 4 rings (SSSR count). The van der Waals surface area contributed by atoms with Crippen molar-refractivity contribution in [1.29, 1.82) is 0 Å². The molecule has 0 bridgehead atoms. The number of carbonyl (C=O) groups excluding carboxylic acids is 1. The monoisotopic (exact) mass is 486 g/mol. The molecule has 0 aliphatic rings. The molecular weight excluding hydrogens is 456 g/mol. The van der Waals surface area contributed by atoms with Crippen molar-refractivity contribution >= 4 is 5.91 Å². The molecule has 0 aliphatic heterocycles. The molecule has 0 saturated carbocycles. The van der Waals surface area contributed by atoms with Gasteiger partial charge in [0.05, 0.1) is 32.3 Å². The Morgan fingerprint density at radius 3 is 2.17 bits per heavy atom. The Balaban J connectivity index is 1.34. The van der Waals surface area contributed by atoms with Gasteiger partial charge in [-0.3, -0.25) is 24.8 Å². The number of hydrogen-bond acceptors (Lipinski definition) is 7. The Morgan fingerprint density at radius 1 is 0.917 bits per heavy atom. The number of amides is 1. The number of hydrogen-bond donors (Lipinski definition) is 2. The lowest BCUT2D eigenvalue weighted by Crippen LogP contribution is -2.30. The molecule has 4 aromatic rings. The molecule has 0 unspecified atom stereocenters. The molecular formula is C27H30N6O3. The Kier molecular flexibility index (Phi) is 8.61. The number of aromatic nitrogens is 4. The molecule has 9 nitrogen and oxygen atoms in total. The molecule has 36 heavy (non-hydrogen) atoms. The Hall–Kier alpha value is -4.24. The van der Waals surface area contributed by atoms with Gasteiger partial charge in [-0.05, 0) is 41.3 Å². The largest absolute Gasteiger partial charge is 0.495 e. The van der Waals surface area contributed by atoms with Gasteiger partial charge in [0, 0.05) is 38.6 Å². The summed E-state index contributed by atoms with van der Waals surface area (Å²) in [6.45, 7) is 2.63. The second kappa shape index (κ2) is 12.5. The van der Waals surface area contributed by atoms with Gasteiger partial charge in [0.15, 0.2) is 5.69 Å². The molecule has 0 fully saturated rings. The van der Waals surface area contributed by atoms with Crippen LogP contribution in [-0.4, -0.2) is 58.3 Å². The van der Waals surface area contributed by atoms with Crippen LogP contribution in [0.4, 0.5) is 0 Å². The smallest absolute Gasteiger partial charge is 0.271 e. The molecule has 2 N–H and O–H groups in total. The quantitative estimate of drug-likeness (QED) is 0.294. The van der Waals surface area contributed by atoms with Crippen LogP contribution in [0.25, 0.3) is 11.3 Å². The maximum atomic E-state index is 12.6. The van der Waals surface area contributed by atoms with Crippen molar-refractivity contribution in [3.63, 3.8) is 0 Å². The maximum Gasteiger partial charge on any atom is 0.271 e. The standard InChI is InChI=1S/C27H30N6O3/c1-35-23-11-20(14-28-16-23)18-33(19-21-12-24(36-2)17-29-15-21)10-6-9-30-27(34)26-13-25(31-32-26)22-7-4-3-5-8-22/h3-5,7-8,11-17H,6,9-10,18-19H2,1-2H3,(H,30,34)(H,31,32). The van der Waals surface area contributed by atoms with Gasteiger partial charge < -0.3 is 14.8 Å². The summed E-state index contributed by atoms with van der Waals surface area (Å²) in [4.78, 5) is 23.4. The lowest BCUT2D eigenvalue weighted by molar-refractivity contribution is 0.0946. The molecule has 1 amide bonds. The van der Waals surface area contributed by atoms with E-state index in [1.165, 1.54) is 0 Å². The van der Waals surface area contributed by atoms with E-state index in [-0.39, 0.29) is 5.91 Å². The summed E-state index contributed by atoms with van der Waals surface area (Å²) < 4.78 is 10.6. The van der Waals surface area contributed by atoms with E-state index in [2.05, 4.69) is 30.4 Å². The molecule has 0 radical (unpaired) electrons. The highest BCUT2D eigenvalue weighted by atomic mass is 16.5. The number of aromatic amines is 1. The Labute approximate surface area is 210 Å². The Bertz CT molecular complexity index is 1210. The van der Waals surface area contributed by atoms with Crippen LogP contribution >= 0.6 is 0 Å². The summed E-state index contributed by atoms with van der Waals surface area (Å²) >= 11 is 0. The zero-order valence-corrected chi connectivity index (χ0v) is 20.5.